The minimum atomic E-state index is -0.498. The molecule has 0 aliphatic carbocycles. The van der Waals surface area contributed by atoms with Crippen LogP contribution in [0.1, 0.15) is 15.9 Å². The quantitative estimate of drug-likeness (QED) is 0.277. The summed E-state index contributed by atoms with van der Waals surface area (Å²) in [6.07, 6.45) is 0. The predicted octanol–water partition coefficient (Wildman–Crippen LogP) is 6.12. The van der Waals surface area contributed by atoms with Gasteiger partial charge < -0.3 is 9.73 Å². The fraction of sp³-hybridized carbons (Fsp3) is 0.0400. The lowest BCUT2D eigenvalue weighted by Crippen LogP contribution is -2.12. The first-order chi connectivity index (χ1) is 15.5. The van der Waals surface area contributed by atoms with Crippen LogP contribution >= 0.6 is 0 Å². The molecule has 0 fully saturated rings. The molecule has 0 unspecified atom stereocenters. The van der Waals surface area contributed by atoms with Crippen molar-refractivity contribution in [2.75, 3.05) is 5.32 Å². The van der Waals surface area contributed by atoms with Gasteiger partial charge in [0.25, 0.3) is 11.6 Å². The van der Waals surface area contributed by atoms with Gasteiger partial charge in [-0.25, -0.2) is 4.98 Å². The van der Waals surface area contributed by atoms with Gasteiger partial charge in [-0.1, -0.05) is 36.4 Å². The largest absolute Gasteiger partial charge is 0.436 e. The van der Waals surface area contributed by atoms with Crippen molar-refractivity contribution < 1.29 is 14.1 Å². The summed E-state index contributed by atoms with van der Waals surface area (Å²) >= 11 is 0. The smallest absolute Gasteiger partial charge is 0.273 e. The molecule has 0 spiro atoms. The minimum absolute atomic E-state index is 0.0929. The molecule has 0 radical (unpaired) electrons. The molecule has 0 bridgehead atoms. The number of amides is 1. The van der Waals surface area contributed by atoms with Crippen LogP contribution in [0.25, 0.3) is 33.3 Å². The Kier molecular flexibility index (Phi) is 4.63. The van der Waals surface area contributed by atoms with Crippen LogP contribution in [0.15, 0.2) is 83.3 Å². The highest BCUT2D eigenvalue weighted by Gasteiger charge is 2.16. The highest BCUT2D eigenvalue weighted by Crippen LogP contribution is 2.29. The van der Waals surface area contributed by atoms with E-state index in [1.807, 2.05) is 42.5 Å². The number of oxazole rings is 1. The van der Waals surface area contributed by atoms with Gasteiger partial charge in [-0.05, 0) is 54.1 Å². The molecule has 1 N–H and O–H groups in total. The fourth-order valence-electron chi connectivity index (χ4n) is 3.60. The Morgan fingerprint density at radius 3 is 2.59 bits per heavy atom. The summed E-state index contributed by atoms with van der Waals surface area (Å²) in [6, 6.07) is 23.6. The SMILES string of the molecule is Cc1ccc(C(=O)Nc2ccc3oc(-c4ccc5ccccc5c4)nc3c2)cc1[N+](=O)[O-]. The summed E-state index contributed by atoms with van der Waals surface area (Å²) in [5, 5.41) is 16.1. The molecule has 0 aliphatic heterocycles. The van der Waals surface area contributed by atoms with E-state index in [4.69, 9.17) is 4.42 Å². The number of nitrogens with one attached hydrogen (secondary N) is 1. The number of anilines is 1. The van der Waals surface area contributed by atoms with Gasteiger partial charge in [-0.2, -0.15) is 0 Å². The third-order valence-corrected chi connectivity index (χ3v) is 5.31. The third kappa shape index (κ3) is 3.56. The van der Waals surface area contributed by atoms with Crippen molar-refractivity contribution in [1.82, 2.24) is 4.98 Å². The van der Waals surface area contributed by atoms with Crippen LogP contribution < -0.4 is 5.32 Å². The van der Waals surface area contributed by atoms with Crippen molar-refractivity contribution in [2.45, 2.75) is 6.92 Å². The van der Waals surface area contributed by atoms with Crippen molar-refractivity contribution in [1.29, 1.82) is 0 Å². The van der Waals surface area contributed by atoms with Gasteiger partial charge in [-0.15, -0.1) is 0 Å². The summed E-state index contributed by atoms with van der Waals surface area (Å²) in [5.74, 6) is 0.0501. The fourth-order valence-corrected chi connectivity index (χ4v) is 3.60. The molecule has 4 aromatic carbocycles. The van der Waals surface area contributed by atoms with Crippen molar-refractivity contribution in [3.05, 3.63) is 100 Å². The first-order valence-corrected chi connectivity index (χ1v) is 9.94. The normalized spacial score (nSPS) is 11.0. The Labute approximate surface area is 182 Å². The maximum atomic E-state index is 12.6. The van der Waals surface area contributed by atoms with Crippen LogP contribution in [0.4, 0.5) is 11.4 Å². The minimum Gasteiger partial charge on any atom is -0.436 e. The Bertz CT molecular complexity index is 1520. The zero-order valence-corrected chi connectivity index (χ0v) is 17.0. The van der Waals surface area contributed by atoms with Gasteiger partial charge in [0, 0.05) is 28.4 Å². The zero-order chi connectivity index (χ0) is 22.2. The second-order valence-electron chi connectivity index (χ2n) is 7.48. The van der Waals surface area contributed by atoms with Crippen LogP contribution in [0.3, 0.4) is 0 Å². The van der Waals surface area contributed by atoms with Crippen molar-refractivity contribution in [2.24, 2.45) is 0 Å². The standard InChI is InChI=1S/C25H17N3O4/c1-15-6-7-18(13-22(15)28(30)31)24(29)26-20-10-11-23-21(14-20)27-25(32-23)19-9-8-16-4-2-3-5-17(16)12-19/h2-14H,1H3,(H,26,29). The number of rotatable bonds is 4. The number of hydrogen-bond acceptors (Lipinski definition) is 5. The summed E-state index contributed by atoms with van der Waals surface area (Å²) < 4.78 is 5.90. The molecule has 0 aliphatic rings. The average molecular weight is 423 g/mol. The molecule has 0 saturated carbocycles. The third-order valence-electron chi connectivity index (χ3n) is 5.31. The van der Waals surface area contributed by atoms with E-state index in [0.29, 0.717) is 28.2 Å². The molecule has 156 valence electrons. The highest BCUT2D eigenvalue weighted by molar-refractivity contribution is 6.05. The molecule has 1 amide bonds. The van der Waals surface area contributed by atoms with Gasteiger partial charge in [0.1, 0.15) is 5.52 Å². The van der Waals surface area contributed by atoms with E-state index in [1.54, 1.807) is 37.3 Å². The first kappa shape index (κ1) is 19.4. The van der Waals surface area contributed by atoms with E-state index >= 15 is 0 Å². The number of nitro groups is 1. The number of aryl methyl sites for hydroxylation is 1. The van der Waals surface area contributed by atoms with E-state index < -0.39 is 10.8 Å². The molecule has 7 nitrogen and oxygen atoms in total. The number of fused-ring (bicyclic) bond motifs is 2. The monoisotopic (exact) mass is 423 g/mol. The van der Waals surface area contributed by atoms with Gasteiger partial charge in [0.05, 0.1) is 4.92 Å². The van der Waals surface area contributed by atoms with E-state index in [0.717, 1.165) is 16.3 Å². The second-order valence-corrected chi connectivity index (χ2v) is 7.48. The highest BCUT2D eigenvalue weighted by atomic mass is 16.6. The van der Waals surface area contributed by atoms with Crippen LogP contribution in [0, 0.1) is 17.0 Å². The van der Waals surface area contributed by atoms with Crippen molar-refractivity contribution in [3.8, 4) is 11.5 Å². The van der Waals surface area contributed by atoms with Crippen LogP contribution in [0.5, 0.6) is 0 Å². The van der Waals surface area contributed by atoms with Gasteiger partial charge in [-0.3, -0.25) is 14.9 Å². The number of carbonyl (C=O) groups is 1. The molecular weight excluding hydrogens is 406 g/mol. The predicted molar refractivity (Wildman–Crippen MR) is 123 cm³/mol. The molecule has 7 heteroatoms. The lowest BCUT2D eigenvalue weighted by molar-refractivity contribution is -0.385. The van der Waals surface area contributed by atoms with Crippen molar-refractivity contribution >= 4 is 39.2 Å². The molecule has 5 aromatic rings. The molecular formula is C25H17N3O4. The Hall–Kier alpha value is -4.52. The van der Waals surface area contributed by atoms with Crippen molar-refractivity contribution in [3.63, 3.8) is 0 Å². The summed E-state index contributed by atoms with van der Waals surface area (Å²) in [7, 11) is 0. The van der Waals surface area contributed by atoms with Gasteiger partial charge >= 0.3 is 0 Å². The zero-order valence-electron chi connectivity index (χ0n) is 17.0. The molecule has 32 heavy (non-hydrogen) atoms. The van der Waals surface area contributed by atoms with Gasteiger partial charge in [0.15, 0.2) is 5.58 Å². The summed E-state index contributed by atoms with van der Waals surface area (Å²) in [6.45, 7) is 1.63. The first-order valence-electron chi connectivity index (χ1n) is 9.94. The maximum absolute atomic E-state index is 12.6. The Balaban J connectivity index is 1.43. The number of nitro benzene ring substituents is 1. The number of carbonyl (C=O) groups excluding carboxylic acids is 1. The molecule has 5 rings (SSSR count). The van der Waals surface area contributed by atoms with E-state index in [-0.39, 0.29) is 11.3 Å². The van der Waals surface area contributed by atoms with E-state index in [9.17, 15) is 14.9 Å². The van der Waals surface area contributed by atoms with Crippen LogP contribution in [-0.4, -0.2) is 15.8 Å². The number of nitrogens with zero attached hydrogens (tertiary/aromatic N) is 2. The van der Waals surface area contributed by atoms with Crippen LogP contribution in [0.2, 0.25) is 0 Å². The number of hydrogen-bond donors (Lipinski definition) is 1. The Morgan fingerprint density at radius 1 is 0.969 bits per heavy atom. The number of aromatic nitrogens is 1. The average Bonchev–Trinajstić information content (AvgIpc) is 3.22. The Morgan fingerprint density at radius 2 is 1.78 bits per heavy atom. The van der Waals surface area contributed by atoms with E-state index in [1.165, 1.54) is 6.07 Å². The lowest BCUT2D eigenvalue weighted by Gasteiger charge is -2.06. The van der Waals surface area contributed by atoms with E-state index in [2.05, 4.69) is 10.3 Å². The molecule has 0 saturated heterocycles. The van der Waals surface area contributed by atoms with Crippen LogP contribution in [-0.2, 0) is 0 Å². The molecule has 1 heterocycles. The van der Waals surface area contributed by atoms with Gasteiger partial charge in [0.2, 0.25) is 5.89 Å². The lowest BCUT2D eigenvalue weighted by atomic mass is 10.1. The summed E-state index contributed by atoms with van der Waals surface area (Å²) in [5.41, 5.74) is 3.18. The second kappa shape index (κ2) is 7.63. The molecule has 1 aromatic heterocycles. The number of benzene rings is 4. The summed E-state index contributed by atoms with van der Waals surface area (Å²) in [4.78, 5) is 27.8. The topological polar surface area (TPSA) is 98.3 Å². The maximum Gasteiger partial charge on any atom is 0.273 e. The molecule has 0 atom stereocenters.